The lowest BCUT2D eigenvalue weighted by molar-refractivity contribution is -0.149. The van der Waals surface area contributed by atoms with Crippen LogP contribution in [0.25, 0.3) is 0 Å². The molecule has 1 heterocycles. The normalized spacial score (nSPS) is 30.5. The highest BCUT2D eigenvalue weighted by molar-refractivity contribution is 8.01. The number of hydrogen-bond acceptors (Lipinski definition) is 5. The van der Waals surface area contributed by atoms with E-state index in [9.17, 15) is 9.18 Å². The fourth-order valence-corrected chi connectivity index (χ4v) is 7.48. The molecule has 7 heteroatoms. The number of benzene rings is 1. The molecule has 0 spiro atoms. The van der Waals surface area contributed by atoms with Crippen molar-refractivity contribution >= 4 is 29.0 Å². The lowest BCUT2D eigenvalue weighted by Crippen LogP contribution is -2.61. The standard InChI is InChI=1S/C21H24FN3OS2/c22-18-3-1-14(2-4-18)11-25(19(26)12-27-20-24-23-13-28-20)21-8-15-5-16(9-21)7-17(6-15)10-21/h1-4,13,15-17H,5-12H2. The van der Waals surface area contributed by atoms with Crippen LogP contribution in [0.2, 0.25) is 0 Å². The lowest BCUT2D eigenvalue weighted by Gasteiger charge is -2.60. The zero-order valence-corrected chi connectivity index (χ0v) is 17.4. The van der Waals surface area contributed by atoms with Gasteiger partial charge in [0, 0.05) is 12.1 Å². The summed E-state index contributed by atoms with van der Waals surface area (Å²) in [5.41, 5.74) is 2.69. The van der Waals surface area contributed by atoms with Gasteiger partial charge in [0.15, 0.2) is 4.34 Å². The minimum absolute atomic E-state index is 0.0120. The van der Waals surface area contributed by atoms with Crippen molar-refractivity contribution in [2.75, 3.05) is 5.75 Å². The SMILES string of the molecule is O=C(CSc1nncs1)N(Cc1ccc(F)cc1)C12CC3CC(CC(C3)C1)C2. The summed E-state index contributed by atoms with van der Waals surface area (Å²) < 4.78 is 14.2. The summed E-state index contributed by atoms with van der Waals surface area (Å²) in [6, 6.07) is 6.61. The van der Waals surface area contributed by atoms with Crippen LogP contribution in [-0.2, 0) is 11.3 Å². The molecule has 0 aliphatic heterocycles. The average molecular weight is 418 g/mol. The first-order valence-corrected chi connectivity index (χ1v) is 11.9. The second-order valence-electron chi connectivity index (χ2n) is 8.74. The third-order valence-corrected chi connectivity index (χ3v) is 8.64. The van der Waals surface area contributed by atoms with Crippen LogP contribution >= 0.6 is 23.1 Å². The Bertz CT molecular complexity index is 805. The second-order valence-corrected chi connectivity index (χ2v) is 10.8. The molecular formula is C21H24FN3OS2. The maximum Gasteiger partial charge on any atom is 0.233 e. The number of halogens is 1. The molecule has 4 aliphatic carbocycles. The van der Waals surface area contributed by atoms with E-state index in [4.69, 9.17) is 0 Å². The largest absolute Gasteiger partial charge is 0.332 e. The molecule has 0 atom stereocenters. The van der Waals surface area contributed by atoms with Crippen LogP contribution in [0.3, 0.4) is 0 Å². The molecular weight excluding hydrogens is 393 g/mol. The zero-order chi connectivity index (χ0) is 19.1. The highest BCUT2D eigenvalue weighted by Gasteiger charge is 2.54. The van der Waals surface area contributed by atoms with Gasteiger partial charge in [0.25, 0.3) is 0 Å². The van der Waals surface area contributed by atoms with E-state index < -0.39 is 0 Å². The Morgan fingerprint density at radius 2 is 1.79 bits per heavy atom. The molecule has 0 saturated heterocycles. The first-order valence-electron chi connectivity index (χ1n) is 10.0. The Hall–Kier alpha value is -1.47. The van der Waals surface area contributed by atoms with Gasteiger partial charge in [-0.2, -0.15) is 0 Å². The van der Waals surface area contributed by atoms with Gasteiger partial charge in [-0.05, 0) is 74.0 Å². The molecule has 6 rings (SSSR count). The Labute approximate surface area is 172 Å². The molecule has 0 N–H and O–H groups in total. The van der Waals surface area contributed by atoms with Crippen LogP contribution in [0.5, 0.6) is 0 Å². The van der Waals surface area contributed by atoms with Crippen molar-refractivity contribution in [1.29, 1.82) is 0 Å². The van der Waals surface area contributed by atoms with Crippen LogP contribution in [0, 0.1) is 23.6 Å². The van der Waals surface area contributed by atoms with Crippen molar-refractivity contribution in [2.45, 2.75) is 54.9 Å². The van der Waals surface area contributed by atoms with Crippen molar-refractivity contribution in [3.63, 3.8) is 0 Å². The highest BCUT2D eigenvalue weighted by Crippen LogP contribution is 2.58. The molecule has 1 aromatic heterocycles. The fourth-order valence-electron chi connectivity index (χ4n) is 6.12. The van der Waals surface area contributed by atoms with E-state index in [2.05, 4.69) is 15.1 Å². The van der Waals surface area contributed by atoms with Crippen LogP contribution in [0.1, 0.15) is 44.1 Å². The van der Waals surface area contributed by atoms with Gasteiger partial charge < -0.3 is 4.90 Å². The quantitative estimate of drug-likeness (QED) is 0.636. The monoisotopic (exact) mass is 417 g/mol. The van der Waals surface area contributed by atoms with Crippen molar-refractivity contribution in [3.8, 4) is 0 Å². The average Bonchev–Trinajstić information content (AvgIpc) is 3.18. The van der Waals surface area contributed by atoms with E-state index >= 15 is 0 Å². The molecule has 4 nitrogen and oxygen atoms in total. The minimum atomic E-state index is -0.233. The molecule has 4 bridgehead atoms. The van der Waals surface area contributed by atoms with E-state index in [1.807, 2.05) is 12.1 Å². The lowest BCUT2D eigenvalue weighted by atomic mass is 9.52. The van der Waals surface area contributed by atoms with Gasteiger partial charge >= 0.3 is 0 Å². The van der Waals surface area contributed by atoms with Gasteiger partial charge in [-0.1, -0.05) is 35.2 Å². The molecule has 4 saturated carbocycles. The fraction of sp³-hybridized carbons (Fsp3) is 0.571. The van der Waals surface area contributed by atoms with Gasteiger partial charge in [-0.3, -0.25) is 4.79 Å². The Morgan fingerprint density at radius 1 is 1.14 bits per heavy atom. The highest BCUT2D eigenvalue weighted by atomic mass is 32.2. The molecule has 1 aromatic carbocycles. The van der Waals surface area contributed by atoms with E-state index in [-0.39, 0.29) is 17.3 Å². The Kier molecular flexibility index (Phi) is 4.91. The van der Waals surface area contributed by atoms with Crippen molar-refractivity contribution in [3.05, 3.63) is 41.2 Å². The molecule has 4 fully saturated rings. The Morgan fingerprint density at radius 3 is 2.36 bits per heavy atom. The number of carbonyl (C=O) groups excluding carboxylic acids is 1. The molecule has 28 heavy (non-hydrogen) atoms. The van der Waals surface area contributed by atoms with Gasteiger partial charge in [0.05, 0.1) is 5.75 Å². The van der Waals surface area contributed by atoms with Crippen LogP contribution < -0.4 is 0 Å². The predicted octanol–water partition coefficient (Wildman–Crippen LogP) is 4.77. The minimum Gasteiger partial charge on any atom is -0.332 e. The summed E-state index contributed by atoms with van der Waals surface area (Å²) in [5.74, 6) is 2.63. The summed E-state index contributed by atoms with van der Waals surface area (Å²) in [6.45, 7) is 0.571. The van der Waals surface area contributed by atoms with Crippen molar-refractivity contribution in [2.24, 2.45) is 17.8 Å². The maximum atomic E-state index is 13.4. The maximum absolute atomic E-state index is 13.4. The zero-order valence-electron chi connectivity index (χ0n) is 15.7. The van der Waals surface area contributed by atoms with Gasteiger partial charge in [0.1, 0.15) is 11.3 Å². The van der Waals surface area contributed by atoms with Crippen LogP contribution in [0.15, 0.2) is 34.1 Å². The summed E-state index contributed by atoms with van der Waals surface area (Å²) in [7, 11) is 0. The first kappa shape index (κ1) is 18.6. The van der Waals surface area contributed by atoms with Gasteiger partial charge in [0.2, 0.25) is 5.91 Å². The smallest absolute Gasteiger partial charge is 0.233 e. The molecule has 0 unspecified atom stereocenters. The number of rotatable bonds is 6. The topological polar surface area (TPSA) is 46.1 Å². The number of aromatic nitrogens is 2. The van der Waals surface area contributed by atoms with Gasteiger partial charge in [-0.25, -0.2) is 4.39 Å². The van der Waals surface area contributed by atoms with E-state index in [1.54, 1.807) is 5.51 Å². The summed E-state index contributed by atoms with van der Waals surface area (Å²) in [6.07, 6.45) is 7.44. The number of carbonyl (C=O) groups is 1. The number of nitrogens with zero attached hydrogens (tertiary/aromatic N) is 3. The van der Waals surface area contributed by atoms with E-state index in [0.29, 0.717) is 12.3 Å². The predicted molar refractivity (Wildman–Crippen MR) is 108 cm³/mol. The van der Waals surface area contributed by atoms with E-state index in [1.165, 1.54) is 54.5 Å². The van der Waals surface area contributed by atoms with E-state index in [0.717, 1.165) is 46.9 Å². The first-order chi connectivity index (χ1) is 13.6. The number of thioether (sulfide) groups is 1. The summed E-state index contributed by atoms with van der Waals surface area (Å²) >= 11 is 2.94. The second kappa shape index (κ2) is 7.41. The van der Waals surface area contributed by atoms with Gasteiger partial charge in [-0.15, -0.1) is 10.2 Å². The number of hydrogen-bond donors (Lipinski definition) is 0. The third-order valence-electron chi connectivity index (χ3n) is 6.79. The summed E-state index contributed by atoms with van der Waals surface area (Å²) in [4.78, 5) is 15.6. The van der Waals surface area contributed by atoms with Crippen LogP contribution in [0.4, 0.5) is 4.39 Å². The van der Waals surface area contributed by atoms with Crippen LogP contribution in [-0.4, -0.2) is 32.3 Å². The van der Waals surface area contributed by atoms with Crippen molar-refractivity contribution in [1.82, 2.24) is 15.1 Å². The molecule has 2 aromatic rings. The Balaban J connectivity index is 1.40. The molecule has 148 valence electrons. The molecule has 0 radical (unpaired) electrons. The third kappa shape index (κ3) is 3.59. The summed E-state index contributed by atoms with van der Waals surface area (Å²) in [5, 5.41) is 7.92. The van der Waals surface area contributed by atoms with Crippen molar-refractivity contribution < 1.29 is 9.18 Å². The molecule has 1 amide bonds. The molecule has 4 aliphatic rings. The number of amides is 1.